The number of anilines is 1. The second-order valence-electron chi connectivity index (χ2n) is 2.16. The van der Waals surface area contributed by atoms with Crippen molar-refractivity contribution in [2.75, 3.05) is 11.9 Å². The van der Waals surface area contributed by atoms with Gasteiger partial charge in [0, 0.05) is 4.48 Å². The molecule has 0 aromatic carbocycles. The quantitative estimate of drug-likeness (QED) is 0.852. The number of aromatic nitrogens is 1. The highest BCUT2D eigenvalue weighted by molar-refractivity contribution is 9.11. The highest BCUT2D eigenvalue weighted by Gasteiger charge is 2.03. The van der Waals surface area contributed by atoms with Crippen LogP contribution in [0.3, 0.4) is 0 Å². The van der Waals surface area contributed by atoms with Gasteiger partial charge in [-0.05, 0) is 0 Å². The summed E-state index contributed by atoms with van der Waals surface area (Å²) in [5, 5.41) is 4.91. The molecule has 0 spiro atoms. The molecule has 0 radical (unpaired) electrons. The van der Waals surface area contributed by atoms with Crippen LogP contribution >= 0.6 is 15.9 Å². The summed E-state index contributed by atoms with van der Waals surface area (Å²) in [6, 6.07) is -0.222. The van der Waals surface area contributed by atoms with E-state index in [-0.39, 0.29) is 12.0 Å². The van der Waals surface area contributed by atoms with Crippen LogP contribution in [0.15, 0.2) is 27.9 Å². The molecule has 13 heavy (non-hydrogen) atoms. The second kappa shape index (κ2) is 4.66. The number of nitrogens with one attached hydrogen (secondary N) is 2. The van der Waals surface area contributed by atoms with Gasteiger partial charge in [-0.3, -0.25) is 5.32 Å². The molecule has 0 atom stereocenters. The molecule has 0 fully saturated rings. The van der Waals surface area contributed by atoms with Crippen LogP contribution in [0.2, 0.25) is 0 Å². The van der Waals surface area contributed by atoms with Crippen LogP contribution < -0.4 is 10.6 Å². The van der Waals surface area contributed by atoms with E-state index in [1.54, 1.807) is 0 Å². The lowest BCUT2D eigenvalue weighted by Gasteiger charge is -2.02. The van der Waals surface area contributed by atoms with Gasteiger partial charge in [-0.15, -0.1) is 0 Å². The molecule has 6 heteroatoms. The fourth-order valence-corrected chi connectivity index (χ4v) is 0.743. The molecule has 2 N–H and O–H groups in total. The van der Waals surface area contributed by atoms with Gasteiger partial charge in [-0.1, -0.05) is 22.5 Å². The van der Waals surface area contributed by atoms with Gasteiger partial charge < -0.3 is 9.73 Å². The number of halogens is 1. The van der Waals surface area contributed by atoms with Crippen molar-refractivity contribution in [3.8, 4) is 0 Å². The Labute approximate surface area is 83.3 Å². The largest absolute Gasteiger partial charge is 0.432 e. The fourth-order valence-electron chi connectivity index (χ4n) is 0.603. The standard InChI is InChI=1S/C7H8BrN3O2/c1-5(8)4-10-6(12)11-7-9-2-3-13-7/h2-3H,1,4H2,(H2,9,10,11,12). The number of urea groups is 1. The Bertz CT molecular complexity index is 297. The van der Waals surface area contributed by atoms with E-state index < -0.39 is 0 Å². The average Bonchev–Trinajstić information content (AvgIpc) is 2.53. The van der Waals surface area contributed by atoms with Crippen molar-refractivity contribution in [2.45, 2.75) is 0 Å². The molecular formula is C7H8BrN3O2. The minimum atomic E-state index is -0.386. The molecule has 0 saturated carbocycles. The van der Waals surface area contributed by atoms with Crippen molar-refractivity contribution >= 4 is 28.0 Å². The van der Waals surface area contributed by atoms with Crippen molar-refractivity contribution in [2.24, 2.45) is 0 Å². The number of carbonyl (C=O) groups excluding carboxylic acids is 1. The van der Waals surface area contributed by atoms with E-state index in [1.807, 2.05) is 0 Å². The van der Waals surface area contributed by atoms with Crippen LogP contribution in [0.4, 0.5) is 10.8 Å². The van der Waals surface area contributed by atoms with Crippen molar-refractivity contribution < 1.29 is 9.21 Å². The van der Waals surface area contributed by atoms with E-state index in [1.165, 1.54) is 12.5 Å². The maximum atomic E-state index is 11.0. The molecule has 1 aromatic rings. The van der Waals surface area contributed by atoms with E-state index in [2.05, 4.69) is 38.1 Å². The van der Waals surface area contributed by atoms with Crippen molar-refractivity contribution in [3.63, 3.8) is 0 Å². The third-order valence-electron chi connectivity index (χ3n) is 1.09. The number of rotatable bonds is 3. The minimum absolute atomic E-state index is 0.165. The second-order valence-corrected chi connectivity index (χ2v) is 3.28. The summed E-state index contributed by atoms with van der Waals surface area (Å²) in [5.74, 6) is 0. The highest BCUT2D eigenvalue weighted by atomic mass is 79.9. The molecule has 0 saturated heterocycles. The average molecular weight is 246 g/mol. The molecular weight excluding hydrogens is 238 g/mol. The van der Waals surface area contributed by atoms with Crippen LogP contribution in [0.25, 0.3) is 0 Å². The first kappa shape index (κ1) is 9.79. The topological polar surface area (TPSA) is 67.2 Å². The fraction of sp³-hybridized carbons (Fsp3) is 0.143. The number of oxazole rings is 1. The van der Waals surface area contributed by atoms with Crippen molar-refractivity contribution in [3.05, 3.63) is 23.5 Å². The summed E-state index contributed by atoms with van der Waals surface area (Å²) in [4.78, 5) is 14.7. The van der Waals surface area contributed by atoms with Gasteiger partial charge in [0.15, 0.2) is 0 Å². The first-order chi connectivity index (χ1) is 6.18. The summed E-state index contributed by atoms with van der Waals surface area (Å²) in [5.41, 5.74) is 0. The Morgan fingerprint density at radius 1 is 1.77 bits per heavy atom. The molecule has 1 rings (SSSR count). The first-order valence-electron chi connectivity index (χ1n) is 3.46. The lowest BCUT2D eigenvalue weighted by Crippen LogP contribution is -2.29. The molecule has 0 aliphatic carbocycles. The SMILES string of the molecule is C=C(Br)CNC(=O)Nc1ncco1. The van der Waals surface area contributed by atoms with Gasteiger partial charge in [-0.2, -0.15) is 0 Å². The minimum Gasteiger partial charge on any atom is -0.432 e. The number of nitrogens with zero attached hydrogens (tertiary/aromatic N) is 1. The molecule has 0 aliphatic heterocycles. The maximum Gasteiger partial charge on any atom is 0.323 e. The molecule has 1 aromatic heterocycles. The van der Waals surface area contributed by atoms with Gasteiger partial charge in [0.2, 0.25) is 0 Å². The van der Waals surface area contributed by atoms with Gasteiger partial charge in [0.25, 0.3) is 0 Å². The molecule has 70 valence electrons. The van der Waals surface area contributed by atoms with Crippen LogP contribution in [-0.2, 0) is 0 Å². The number of carbonyl (C=O) groups is 1. The van der Waals surface area contributed by atoms with E-state index in [9.17, 15) is 4.79 Å². The molecule has 0 aliphatic rings. The Hall–Kier alpha value is -1.30. The Kier molecular flexibility index (Phi) is 3.51. The zero-order valence-corrected chi connectivity index (χ0v) is 8.30. The Morgan fingerprint density at radius 3 is 3.08 bits per heavy atom. The first-order valence-corrected chi connectivity index (χ1v) is 4.25. The molecule has 0 bridgehead atoms. The predicted octanol–water partition coefficient (Wildman–Crippen LogP) is 1.70. The normalized spacial score (nSPS) is 9.31. The number of hydrogen-bond donors (Lipinski definition) is 2. The van der Waals surface area contributed by atoms with Crippen molar-refractivity contribution in [1.82, 2.24) is 10.3 Å². The van der Waals surface area contributed by atoms with Crippen LogP contribution in [0.1, 0.15) is 0 Å². The van der Waals surface area contributed by atoms with Crippen LogP contribution in [-0.4, -0.2) is 17.6 Å². The Morgan fingerprint density at radius 2 is 2.54 bits per heavy atom. The molecule has 2 amide bonds. The van der Waals surface area contributed by atoms with Gasteiger partial charge >= 0.3 is 12.0 Å². The zero-order chi connectivity index (χ0) is 9.68. The summed E-state index contributed by atoms with van der Waals surface area (Å²) in [7, 11) is 0. The van der Waals surface area contributed by atoms with Gasteiger partial charge in [-0.25, -0.2) is 9.78 Å². The number of hydrogen-bond acceptors (Lipinski definition) is 3. The van der Waals surface area contributed by atoms with Crippen molar-refractivity contribution in [1.29, 1.82) is 0 Å². The predicted molar refractivity (Wildman–Crippen MR) is 51.6 cm³/mol. The summed E-state index contributed by atoms with van der Waals surface area (Å²) in [6.07, 6.45) is 2.82. The maximum absolute atomic E-state index is 11.0. The van der Waals surface area contributed by atoms with Gasteiger partial charge in [0.05, 0.1) is 12.7 Å². The van der Waals surface area contributed by atoms with Crippen LogP contribution in [0.5, 0.6) is 0 Å². The highest BCUT2D eigenvalue weighted by Crippen LogP contribution is 2.01. The molecule has 0 unspecified atom stereocenters. The monoisotopic (exact) mass is 245 g/mol. The summed E-state index contributed by atoms with van der Waals surface area (Å²) in [6.45, 7) is 3.91. The summed E-state index contributed by atoms with van der Waals surface area (Å²) < 4.78 is 5.48. The van der Waals surface area contributed by atoms with E-state index in [4.69, 9.17) is 4.42 Å². The lowest BCUT2D eigenvalue weighted by molar-refractivity contribution is 0.252. The van der Waals surface area contributed by atoms with Crippen LogP contribution in [0, 0.1) is 0 Å². The third-order valence-corrected chi connectivity index (χ3v) is 1.37. The lowest BCUT2D eigenvalue weighted by atomic mass is 10.6. The van der Waals surface area contributed by atoms with E-state index in [0.29, 0.717) is 11.0 Å². The van der Waals surface area contributed by atoms with E-state index in [0.717, 1.165) is 0 Å². The number of amides is 2. The Balaban J connectivity index is 2.30. The molecule has 1 heterocycles. The summed E-state index contributed by atoms with van der Waals surface area (Å²) >= 11 is 3.10. The molecule has 5 nitrogen and oxygen atoms in total. The third kappa shape index (κ3) is 3.75. The smallest absolute Gasteiger partial charge is 0.323 e. The van der Waals surface area contributed by atoms with Gasteiger partial charge in [0.1, 0.15) is 6.26 Å². The van der Waals surface area contributed by atoms with E-state index >= 15 is 0 Å². The zero-order valence-electron chi connectivity index (χ0n) is 6.71.